The van der Waals surface area contributed by atoms with E-state index in [4.69, 9.17) is 4.74 Å². The maximum atomic E-state index is 13.9. The monoisotopic (exact) mass is 537 g/mol. The third kappa shape index (κ3) is 6.92. The number of benzene rings is 3. The molecule has 0 aliphatic heterocycles. The summed E-state index contributed by atoms with van der Waals surface area (Å²) in [7, 11) is -2.62. The number of sulfonamides is 1. The minimum absolute atomic E-state index is 0.0239. The van der Waals surface area contributed by atoms with Crippen LogP contribution in [0.2, 0.25) is 0 Å². The fraction of sp³-hybridized carbons (Fsp3) is 0.310. The van der Waals surface area contributed by atoms with E-state index in [1.165, 1.54) is 24.1 Å². The number of rotatable bonds is 12. The first-order valence-electron chi connectivity index (χ1n) is 12.6. The number of amides is 2. The first-order chi connectivity index (χ1) is 18.2. The van der Waals surface area contributed by atoms with Crippen molar-refractivity contribution in [2.45, 2.75) is 44.7 Å². The molecule has 38 heavy (non-hydrogen) atoms. The van der Waals surface area contributed by atoms with Gasteiger partial charge < -0.3 is 15.0 Å². The highest BCUT2D eigenvalue weighted by molar-refractivity contribution is 7.92. The van der Waals surface area contributed by atoms with Gasteiger partial charge in [0.2, 0.25) is 11.8 Å². The molecular formula is C29H35N3O5S. The number of para-hydroxylation sites is 1. The first-order valence-corrected chi connectivity index (χ1v) is 14.0. The number of methoxy groups -OCH3 is 1. The van der Waals surface area contributed by atoms with E-state index in [1.54, 1.807) is 42.5 Å². The van der Waals surface area contributed by atoms with Crippen LogP contribution in [0.5, 0.6) is 5.75 Å². The number of anilines is 1. The van der Waals surface area contributed by atoms with E-state index in [0.29, 0.717) is 24.4 Å². The van der Waals surface area contributed by atoms with E-state index >= 15 is 0 Å². The minimum Gasteiger partial charge on any atom is -0.497 e. The molecule has 0 spiro atoms. The van der Waals surface area contributed by atoms with Crippen LogP contribution in [0, 0.1) is 6.92 Å². The Morgan fingerprint density at radius 1 is 0.921 bits per heavy atom. The quantitative estimate of drug-likeness (QED) is 0.375. The molecule has 0 aliphatic rings. The summed E-state index contributed by atoms with van der Waals surface area (Å²) < 4.78 is 33.8. The number of carbonyl (C=O) groups is 2. The summed E-state index contributed by atoms with van der Waals surface area (Å²) in [6.07, 6.45) is 0.375. The average molecular weight is 538 g/mol. The number of hydrogen-bond donors (Lipinski definition) is 1. The van der Waals surface area contributed by atoms with Gasteiger partial charge in [-0.25, -0.2) is 8.42 Å². The van der Waals surface area contributed by atoms with Crippen molar-refractivity contribution < 1.29 is 22.7 Å². The molecule has 3 aromatic rings. The van der Waals surface area contributed by atoms with E-state index in [0.717, 1.165) is 15.4 Å². The van der Waals surface area contributed by atoms with Gasteiger partial charge in [-0.3, -0.25) is 13.9 Å². The van der Waals surface area contributed by atoms with Gasteiger partial charge in [0.15, 0.2) is 0 Å². The molecule has 202 valence electrons. The number of nitrogens with zero attached hydrogens (tertiary/aromatic N) is 2. The Hall–Kier alpha value is -3.85. The van der Waals surface area contributed by atoms with Gasteiger partial charge in [-0.05, 0) is 62.2 Å². The zero-order valence-electron chi connectivity index (χ0n) is 22.3. The lowest BCUT2D eigenvalue weighted by molar-refractivity contribution is -0.140. The molecule has 0 saturated heterocycles. The van der Waals surface area contributed by atoms with E-state index in [-0.39, 0.29) is 17.3 Å². The summed E-state index contributed by atoms with van der Waals surface area (Å²) in [4.78, 5) is 28.3. The van der Waals surface area contributed by atoms with Gasteiger partial charge in [0, 0.05) is 13.1 Å². The van der Waals surface area contributed by atoms with Gasteiger partial charge in [0.05, 0.1) is 17.7 Å². The minimum atomic E-state index is -4.12. The van der Waals surface area contributed by atoms with E-state index in [9.17, 15) is 18.0 Å². The number of nitrogens with one attached hydrogen (secondary N) is 1. The van der Waals surface area contributed by atoms with Crippen molar-refractivity contribution >= 4 is 27.5 Å². The van der Waals surface area contributed by atoms with Crippen molar-refractivity contribution in [2.75, 3.05) is 24.5 Å². The predicted molar refractivity (Wildman–Crippen MR) is 148 cm³/mol. The molecule has 8 nitrogen and oxygen atoms in total. The Morgan fingerprint density at radius 3 is 2.11 bits per heavy atom. The summed E-state index contributed by atoms with van der Waals surface area (Å²) in [5, 5.41) is 2.80. The number of hydrogen-bond acceptors (Lipinski definition) is 5. The standard InChI is InChI=1S/C29H35N3O5S/c1-5-27(29(34)30-6-2)31(20-23-14-12-22(3)13-15-23)28(33)21-32(24-10-8-7-9-11-24)38(35,36)26-18-16-25(37-4)17-19-26/h7-19,27H,5-6,20-21H2,1-4H3,(H,30,34)/t27-/m0/s1. The maximum absolute atomic E-state index is 13.9. The zero-order chi connectivity index (χ0) is 27.7. The van der Waals surface area contributed by atoms with Crippen LogP contribution in [0.1, 0.15) is 31.4 Å². The van der Waals surface area contributed by atoms with Crippen LogP contribution in [-0.4, -0.2) is 51.4 Å². The molecule has 0 heterocycles. The molecule has 3 aromatic carbocycles. The van der Waals surface area contributed by atoms with Gasteiger partial charge in [-0.2, -0.15) is 0 Å². The fourth-order valence-electron chi connectivity index (χ4n) is 4.10. The molecule has 0 bridgehead atoms. The van der Waals surface area contributed by atoms with Crippen LogP contribution in [0.25, 0.3) is 0 Å². The Balaban J connectivity index is 2.02. The highest BCUT2D eigenvalue weighted by Gasteiger charge is 2.33. The Labute approximate surface area is 225 Å². The van der Waals surface area contributed by atoms with E-state index < -0.39 is 28.5 Å². The van der Waals surface area contributed by atoms with Crippen molar-refractivity contribution in [1.82, 2.24) is 10.2 Å². The fourth-order valence-corrected chi connectivity index (χ4v) is 5.51. The molecule has 0 fully saturated rings. The zero-order valence-corrected chi connectivity index (χ0v) is 23.1. The van der Waals surface area contributed by atoms with E-state index in [2.05, 4.69) is 5.32 Å². The lowest BCUT2D eigenvalue weighted by Crippen LogP contribution is -2.52. The van der Waals surface area contributed by atoms with Crippen LogP contribution >= 0.6 is 0 Å². The van der Waals surface area contributed by atoms with Crippen LogP contribution in [-0.2, 0) is 26.2 Å². The van der Waals surface area contributed by atoms with Crippen molar-refractivity contribution in [2.24, 2.45) is 0 Å². The molecule has 0 radical (unpaired) electrons. The summed E-state index contributed by atoms with van der Waals surface area (Å²) in [6.45, 7) is 5.73. The van der Waals surface area contributed by atoms with Crippen LogP contribution in [0.15, 0.2) is 83.8 Å². The molecule has 2 amide bonds. The molecule has 9 heteroatoms. The number of likely N-dealkylation sites (N-methyl/N-ethyl adjacent to an activating group) is 1. The Kier molecular flexibility index (Phi) is 9.90. The molecular weight excluding hydrogens is 502 g/mol. The number of ether oxygens (including phenoxy) is 1. The van der Waals surface area contributed by atoms with Crippen LogP contribution in [0.3, 0.4) is 0 Å². The van der Waals surface area contributed by atoms with Gasteiger partial charge in [-0.15, -0.1) is 0 Å². The highest BCUT2D eigenvalue weighted by atomic mass is 32.2. The summed E-state index contributed by atoms with van der Waals surface area (Å²) in [6, 6.07) is 21.4. The lowest BCUT2D eigenvalue weighted by atomic mass is 10.1. The molecule has 0 saturated carbocycles. The van der Waals surface area contributed by atoms with Gasteiger partial charge in [-0.1, -0.05) is 55.0 Å². The molecule has 0 aliphatic carbocycles. The second kappa shape index (κ2) is 13.1. The van der Waals surface area contributed by atoms with E-state index in [1.807, 2.05) is 45.0 Å². The predicted octanol–water partition coefficient (Wildman–Crippen LogP) is 4.14. The lowest BCUT2D eigenvalue weighted by Gasteiger charge is -2.33. The molecule has 0 unspecified atom stereocenters. The SMILES string of the molecule is CCNC(=O)[C@H](CC)N(Cc1ccc(C)cc1)C(=O)CN(c1ccccc1)S(=O)(=O)c1ccc(OC)cc1. The maximum Gasteiger partial charge on any atom is 0.264 e. The largest absolute Gasteiger partial charge is 0.497 e. The van der Waals surface area contributed by atoms with Crippen LogP contribution < -0.4 is 14.4 Å². The first kappa shape index (κ1) is 28.7. The summed E-state index contributed by atoms with van der Waals surface area (Å²) >= 11 is 0. The molecule has 3 rings (SSSR count). The Morgan fingerprint density at radius 2 is 1.55 bits per heavy atom. The van der Waals surface area contributed by atoms with Crippen molar-refractivity contribution in [3.8, 4) is 5.75 Å². The third-order valence-corrected chi connectivity index (χ3v) is 7.97. The second-order valence-electron chi connectivity index (χ2n) is 8.85. The topological polar surface area (TPSA) is 96.0 Å². The average Bonchev–Trinajstić information content (AvgIpc) is 2.93. The van der Waals surface area contributed by atoms with Crippen molar-refractivity contribution in [3.63, 3.8) is 0 Å². The summed E-state index contributed by atoms with van der Waals surface area (Å²) in [5.74, 6) is -0.243. The van der Waals surface area contributed by atoms with Gasteiger partial charge >= 0.3 is 0 Å². The van der Waals surface area contributed by atoms with Crippen molar-refractivity contribution in [1.29, 1.82) is 0 Å². The molecule has 1 N–H and O–H groups in total. The smallest absolute Gasteiger partial charge is 0.264 e. The Bertz CT molecular complexity index is 1310. The summed E-state index contributed by atoms with van der Waals surface area (Å²) in [5.41, 5.74) is 2.26. The number of aryl methyl sites for hydroxylation is 1. The third-order valence-electron chi connectivity index (χ3n) is 6.18. The second-order valence-corrected chi connectivity index (χ2v) is 10.7. The van der Waals surface area contributed by atoms with Crippen molar-refractivity contribution in [3.05, 3.63) is 90.0 Å². The van der Waals surface area contributed by atoms with Gasteiger partial charge in [0.25, 0.3) is 10.0 Å². The van der Waals surface area contributed by atoms with Crippen LogP contribution in [0.4, 0.5) is 5.69 Å². The highest BCUT2D eigenvalue weighted by Crippen LogP contribution is 2.26. The molecule has 1 atom stereocenters. The molecule has 0 aromatic heterocycles. The van der Waals surface area contributed by atoms with Gasteiger partial charge in [0.1, 0.15) is 18.3 Å². The number of carbonyl (C=O) groups excluding carboxylic acids is 2. The normalized spacial score (nSPS) is 11.9.